The number of benzene rings is 1. The first-order valence-electron chi connectivity index (χ1n) is 8.22. The molecule has 126 valence electrons. The molecule has 0 atom stereocenters. The zero-order valence-electron chi connectivity index (χ0n) is 14.3. The fourth-order valence-corrected chi connectivity index (χ4v) is 2.82. The van der Waals surface area contributed by atoms with E-state index in [1.54, 1.807) is 18.5 Å². The molecule has 4 heteroatoms. The minimum atomic E-state index is -0.149. The van der Waals surface area contributed by atoms with Crippen molar-refractivity contribution < 1.29 is 4.79 Å². The van der Waals surface area contributed by atoms with Crippen LogP contribution in [0.15, 0.2) is 67.3 Å². The number of carbonyl (C=O) groups excluding carboxylic acids is 1. The Kier molecular flexibility index (Phi) is 4.52. The molecule has 1 aliphatic carbocycles. The molecule has 0 aliphatic heterocycles. The van der Waals surface area contributed by atoms with Crippen LogP contribution in [0.2, 0.25) is 0 Å². The number of nitrogens with zero attached hydrogens (tertiary/aromatic N) is 1. The molecule has 0 bridgehead atoms. The van der Waals surface area contributed by atoms with E-state index >= 15 is 0 Å². The number of fused-ring (bicyclic) bond motifs is 1. The molecule has 1 aromatic carbocycles. The van der Waals surface area contributed by atoms with Gasteiger partial charge in [-0.15, -0.1) is 0 Å². The molecule has 0 saturated heterocycles. The van der Waals surface area contributed by atoms with Crippen LogP contribution in [-0.2, 0) is 6.54 Å². The molecule has 3 rings (SSSR count). The summed E-state index contributed by atoms with van der Waals surface area (Å²) in [7, 11) is 0. The highest BCUT2D eigenvalue weighted by atomic mass is 16.1. The first-order chi connectivity index (χ1) is 12.0. The maximum atomic E-state index is 12.7. The third kappa shape index (κ3) is 3.11. The summed E-state index contributed by atoms with van der Waals surface area (Å²) in [5.74, 6) is -0.149. The van der Waals surface area contributed by atoms with Gasteiger partial charge in [0.05, 0.1) is 11.3 Å². The number of hydrogen-bond donors (Lipinski definition) is 2. The Morgan fingerprint density at radius 3 is 2.60 bits per heavy atom. The molecule has 0 saturated carbocycles. The van der Waals surface area contributed by atoms with Gasteiger partial charge in [-0.2, -0.15) is 0 Å². The van der Waals surface area contributed by atoms with Crippen molar-refractivity contribution in [2.75, 3.05) is 0 Å². The average Bonchev–Trinajstić information content (AvgIpc) is 2.66. The number of Topliss-reactive ketones (excluding diaryl/α,β-unsaturated/α-hetero) is 1. The van der Waals surface area contributed by atoms with Gasteiger partial charge in [0.15, 0.2) is 0 Å². The quantitative estimate of drug-likeness (QED) is 0.877. The Morgan fingerprint density at radius 2 is 1.92 bits per heavy atom. The first kappa shape index (κ1) is 16.7. The first-order valence-corrected chi connectivity index (χ1v) is 8.22. The van der Waals surface area contributed by atoms with E-state index in [9.17, 15) is 4.79 Å². The van der Waals surface area contributed by atoms with Gasteiger partial charge in [-0.3, -0.25) is 9.78 Å². The lowest BCUT2D eigenvalue weighted by Crippen LogP contribution is -2.29. The fraction of sp³-hybridized carbons (Fsp3) is 0.143. The number of hydrogen-bond acceptors (Lipinski definition) is 4. The van der Waals surface area contributed by atoms with E-state index in [-0.39, 0.29) is 5.78 Å². The Labute approximate surface area is 147 Å². The smallest absolute Gasteiger partial charge is 0.213 e. The molecule has 25 heavy (non-hydrogen) atoms. The molecular formula is C21H21N3O. The van der Waals surface area contributed by atoms with Gasteiger partial charge in [0.25, 0.3) is 0 Å². The van der Waals surface area contributed by atoms with Crippen molar-refractivity contribution in [3.05, 3.63) is 89.5 Å². The second-order valence-corrected chi connectivity index (χ2v) is 6.03. The number of allylic oxidation sites excluding steroid dienone is 3. The summed E-state index contributed by atoms with van der Waals surface area (Å²) in [6.07, 6.45) is 4.11. The number of ketones is 1. The van der Waals surface area contributed by atoms with Gasteiger partial charge in [-0.1, -0.05) is 44.3 Å². The van der Waals surface area contributed by atoms with Crippen molar-refractivity contribution in [3.63, 3.8) is 0 Å². The molecule has 0 unspecified atom stereocenters. The summed E-state index contributed by atoms with van der Waals surface area (Å²) in [5, 5.41) is 3.17. The molecule has 1 aliphatic rings. The van der Waals surface area contributed by atoms with Crippen LogP contribution >= 0.6 is 0 Å². The molecule has 0 radical (unpaired) electrons. The summed E-state index contributed by atoms with van der Waals surface area (Å²) in [5.41, 5.74) is 12.1. The Morgan fingerprint density at radius 1 is 1.20 bits per heavy atom. The molecule has 4 nitrogen and oxygen atoms in total. The maximum Gasteiger partial charge on any atom is 0.213 e. The van der Waals surface area contributed by atoms with E-state index in [1.165, 1.54) is 0 Å². The van der Waals surface area contributed by atoms with E-state index in [0.29, 0.717) is 29.1 Å². The van der Waals surface area contributed by atoms with Crippen molar-refractivity contribution in [2.24, 2.45) is 5.73 Å². The van der Waals surface area contributed by atoms with E-state index in [4.69, 9.17) is 5.73 Å². The highest BCUT2D eigenvalue weighted by molar-refractivity contribution is 6.16. The molecule has 0 spiro atoms. The number of nitrogens with one attached hydrogen (secondary N) is 1. The van der Waals surface area contributed by atoms with Gasteiger partial charge in [0, 0.05) is 24.5 Å². The third-order valence-corrected chi connectivity index (χ3v) is 4.47. The number of rotatable bonds is 5. The number of nitrogens with two attached hydrogens (primary N) is 1. The summed E-state index contributed by atoms with van der Waals surface area (Å²) in [4.78, 5) is 16.7. The van der Waals surface area contributed by atoms with Crippen molar-refractivity contribution in [1.82, 2.24) is 10.3 Å². The van der Waals surface area contributed by atoms with Crippen molar-refractivity contribution in [1.29, 1.82) is 0 Å². The van der Waals surface area contributed by atoms with Gasteiger partial charge in [-0.05, 0) is 34.8 Å². The van der Waals surface area contributed by atoms with Crippen LogP contribution in [0, 0.1) is 0 Å². The second-order valence-electron chi connectivity index (χ2n) is 6.03. The summed E-state index contributed by atoms with van der Waals surface area (Å²) >= 11 is 0. The Bertz CT molecular complexity index is 892. The summed E-state index contributed by atoms with van der Waals surface area (Å²) in [6.45, 7) is 10.6. The van der Waals surface area contributed by atoms with Crippen molar-refractivity contribution in [3.8, 4) is 0 Å². The van der Waals surface area contributed by atoms with Crippen LogP contribution in [-0.4, -0.2) is 10.8 Å². The zero-order valence-corrected chi connectivity index (χ0v) is 14.3. The van der Waals surface area contributed by atoms with Crippen LogP contribution in [0.3, 0.4) is 0 Å². The van der Waals surface area contributed by atoms with Gasteiger partial charge >= 0.3 is 0 Å². The highest BCUT2D eigenvalue weighted by Crippen LogP contribution is 2.30. The lowest BCUT2D eigenvalue weighted by atomic mass is 9.89. The second kappa shape index (κ2) is 6.77. The largest absolute Gasteiger partial charge is 0.396 e. The van der Waals surface area contributed by atoms with Crippen molar-refractivity contribution in [2.45, 2.75) is 19.9 Å². The Balaban J connectivity index is 1.79. The lowest BCUT2D eigenvalue weighted by Gasteiger charge is -2.22. The van der Waals surface area contributed by atoms with Crippen LogP contribution < -0.4 is 11.1 Å². The number of carbonyl (C=O) groups is 1. The third-order valence-electron chi connectivity index (χ3n) is 4.47. The average molecular weight is 331 g/mol. The predicted molar refractivity (Wildman–Crippen MR) is 101 cm³/mol. The van der Waals surface area contributed by atoms with E-state index in [0.717, 1.165) is 28.7 Å². The molecule has 0 fully saturated rings. The van der Waals surface area contributed by atoms with Crippen LogP contribution in [0.1, 0.15) is 40.4 Å². The monoisotopic (exact) mass is 331 g/mol. The van der Waals surface area contributed by atoms with Crippen molar-refractivity contribution >= 4 is 16.9 Å². The standard InChI is InChI=1S/C21H21N3O/c1-4-13(2)16-7-5-15(6-8-16)11-24-20-19(22)14(3)17-9-10-23-12-18(17)21(20)25/h5-10,12,24H,2-4,11,22H2,1H3. The van der Waals surface area contributed by atoms with Gasteiger partial charge in [0.1, 0.15) is 5.70 Å². The van der Waals surface area contributed by atoms with Crippen LogP contribution in [0.5, 0.6) is 0 Å². The molecule has 1 aromatic heterocycles. The van der Waals surface area contributed by atoms with E-state index < -0.39 is 0 Å². The molecular weight excluding hydrogens is 310 g/mol. The predicted octanol–water partition coefficient (Wildman–Crippen LogP) is 3.67. The van der Waals surface area contributed by atoms with Gasteiger partial charge in [-0.25, -0.2) is 0 Å². The highest BCUT2D eigenvalue weighted by Gasteiger charge is 2.27. The van der Waals surface area contributed by atoms with E-state index in [2.05, 4.69) is 30.4 Å². The van der Waals surface area contributed by atoms with Crippen LogP contribution in [0.25, 0.3) is 11.1 Å². The summed E-state index contributed by atoms with van der Waals surface area (Å²) in [6, 6.07) is 9.90. The topological polar surface area (TPSA) is 68.0 Å². The van der Waals surface area contributed by atoms with E-state index in [1.807, 2.05) is 24.3 Å². The molecule has 3 N–H and O–H groups in total. The Hall–Kier alpha value is -3.14. The molecule has 2 aromatic rings. The van der Waals surface area contributed by atoms with Gasteiger partial charge in [0.2, 0.25) is 5.78 Å². The zero-order chi connectivity index (χ0) is 18.0. The van der Waals surface area contributed by atoms with Crippen LogP contribution in [0.4, 0.5) is 0 Å². The fourth-order valence-electron chi connectivity index (χ4n) is 2.82. The van der Waals surface area contributed by atoms with Gasteiger partial charge < -0.3 is 11.1 Å². The SMILES string of the molecule is C=C(CC)c1ccc(CNC2=C(N)C(=C)c3ccncc3C2=O)cc1. The number of pyridine rings is 1. The molecule has 0 amide bonds. The molecule has 1 heterocycles. The number of aromatic nitrogens is 1. The normalized spacial score (nSPS) is 13.6. The maximum absolute atomic E-state index is 12.7. The lowest BCUT2D eigenvalue weighted by molar-refractivity contribution is 0.102. The minimum absolute atomic E-state index is 0.149. The summed E-state index contributed by atoms with van der Waals surface area (Å²) < 4.78 is 0. The minimum Gasteiger partial charge on any atom is -0.396 e.